The van der Waals surface area contributed by atoms with Crippen molar-refractivity contribution in [2.24, 2.45) is 7.05 Å². The van der Waals surface area contributed by atoms with E-state index in [1.807, 2.05) is 49.2 Å². The highest BCUT2D eigenvalue weighted by molar-refractivity contribution is 6.06. The molecule has 160 valence electrons. The number of carbonyl (C=O) groups is 1. The molecule has 5 rings (SSSR count). The molecule has 1 N–H and O–H groups in total. The standard InChI is InChI=1S/C24H28N6O/c1-14(2)20-12-17(21-15(3)28-29(4)23(21)27-20)24(31)30-11-7-8-16(13-30)22-25-18-9-5-6-10-19(18)26-22/h5-6,9-10,12,14,16H,7-8,11,13H2,1-4H3,(H,25,26). The molecule has 1 saturated heterocycles. The topological polar surface area (TPSA) is 79.7 Å². The lowest BCUT2D eigenvalue weighted by molar-refractivity contribution is 0.0706. The second kappa shape index (κ2) is 7.48. The summed E-state index contributed by atoms with van der Waals surface area (Å²) in [6, 6.07) is 10.0. The van der Waals surface area contributed by atoms with E-state index < -0.39 is 0 Å². The summed E-state index contributed by atoms with van der Waals surface area (Å²) in [4.78, 5) is 28.7. The predicted octanol–water partition coefficient (Wildman–Crippen LogP) is 4.30. The number of aromatic nitrogens is 5. The minimum atomic E-state index is 0.0613. The van der Waals surface area contributed by atoms with Gasteiger partial charge in [0, 0.05) is 31.7 Å². The van der Waals surface area contributed by atoms with Crippen LogP contribution in [0.3, 0.4) is 0 Å². The number of piperidine rings is 1. The van der Waals surface area contributed by atoms with E-state index in [1.54, 1.807) is 4.68 Å². The molecule has 31 heavy (non-hydrogen) atoms. The van der Waals surface area contributed by atoms with Crippen molar-refractivity contribution in [2.75, 3.05) is 13.1 Å². The number of likely N-dealkylation sites (tertiary alicyclic amines) is 1. The number of rotatable bonds is 3. The smallest absolute Gasteiger partial charge is 0.254 e. The molecule has 4 aromatic rings. The van der Waals surface area contributed by atoms with Gasteiger partial charge in [0.25, 0.3) is 5.91 Å². The monoisotopic (exact) mass is 416 g/mol. The Balaban J connectivity index is 1.50. The third-order valence-corrected chi connectivity index (χ3v) is 6.31. The summed E-state index contributed by atoms with van der Waals surface area (Å²) in [6.07, 6.45) is 1.99. The highest BCUT2D eigenvalue weighted by atomic mass is 16.2. The summed E-state index contributed by atoms with van der Waals surface area (Å²) in [7, 11) is 1.89. The van der Waals surface area contributed by atoms with Gasteiger partial charge in [-0.3, -0.25) is 9.48 Å². The van der Waals surface area contributed by atoms with Crippen molar-refractivity contribution in [3.63, 3.8) is 0 Å². The van der Waals surface area contributed by atoms with Crippen molar-refractivity contribution in [1.82, 2.24) is 29.6 Å². The fraction of sp³-hybridized carbons (Fsp3) is 0.417. The Labute approximate surface area is 181 Å². The molecule has 0 bridgehead atoms. The zero-order valence-electron chi connectivity index (χ0n) is 18.5. The molecule has 0 spiro atoms. The van der Waals surface area contributed by atoms with Crippen LogP contribution in [-0.4, -0.2) is 48.6 Å². The van der Waals surface area contributed by atoms with Crippen LogP contribution in [-0.2, 0) is 7.05 Å². The quantitative estimate of drug-likeness (QED) is 0.540. The lowest BCUT2D eigenvalue weighted by atomic mass is 9.96. The summed E-state index contributed by atoms with van der Waals surface area (Å²) < 4.78 is 1.78. The number of aryl methyl sites for hydroxylation is 2. The molecule has 0 aliphatic carbocycles. The van der Waals surface area contributed by atoms with Gasteiger partial charge in [-0.15, -0.1) is 0 Å². The highest BCUT2D eigenvalue weighted by Crippen LogP contribution is 2.30. The minimum absolute atomic E-state index is 0.0613. The third-order valence-electron chi connectivity index (χ3n) is 6.31. The Hall–Kier alpha value is -3.22. The first-order chi connectivity index (χ1) is 14.9. The maximum absolute atomic E-state index is 13.7. The number of nitrogens with one attached hydrogen (secondary N) is 1. The molecule has 7 nitrogen and oxygen atoms in total. The zero-order chi connectivity index (χ0) is 21.7. The van der Waals surface area contributed by atoms with Crippen LogP contribution >= 0.6 is 0 Å². The summed E-state index contributed by atoms with van der Waals surface area (Å²) in [5.74, 6) is 1.48. The molecule has 0 radical (unpaired) electrons. The first kappa shape index (κ1) is 19.7. The number of imidazole rings is 1. The molecule has 1 aliphatic rings. The number of nitrogens with zero attached hydrogens (tertiary/aromatic N) is 5. The minimum Gasteiger partial charge on any atom is -0.342 e. The van der Waals surface area contributed by atoms with Crippen LogP contribution in [0.4, 0.5) is 0 Å². The van der Waals surface area contributed by atoms with Crippen molar-refractivity contribution in [3.8, 4) is 0 Å². The molecule has 7 heteroatoms. The van der Waals surface area contributed by atoms with Crippen molar-refractivity contribution >= 4 is 28.0 Å². The summed E-state index contributed by atoms with van der Waals surface area (Å²) in [6.45, 7) is 7.58. The van der Waals surface area contributed by atoms with E-state index in [1.165, 1.54) is 0 Å². The molecule has 1 aliphatic heterocycles. The molecular weight excluding hydrogens is 388 g/mol. The van der Waals surface area contributed by atoms with Crippen LogP contribution < -0.4 is 0 Å². The van der Waals surface area contributed by atoms with Gasteiger partial charge in [0.05, 0.1) is 27.7 Å². The lowest BCUT2D eigenvalue weighted by Gasteiger charge is -2.32. The van der Waals surface area contributed by atoms with Crippen molar-refractivity contribution in [2.45, 2.75) is 45.4 Å². The van der Waals surface area contributed by atoms with Gasteiger partial charge in [-0.25, -0.2) is 9.97 Å². The number of hydrogen-bond acceptors (Lipinski definition) is 4. The van der Waals surface area contributed by atoms with Gasteiger partial charge < -0.3 is 9.88 Å². The van der Waals surface area contributed by atoms with Gasteiger partial charge in [-0.05, 0) is 43.9 Å². The van der Waals surface area contributed by atoms with Crippen LogP contribution in [0.1, 0.15) is 66.1 Å². The number of fused-ring (bicyclic) bond motifs is 2. The van der Waals surface area contributed by atoms with E-state index in [0.29, 0.717) is 12.1 Å². The number of benzene rings is 1. The fourth-order valence-electron chi connectivity index (χ4n) is 4.65. The molecule has 1 aromatic carbocycles. The number of aromatic amines is 1. The molecule has 3 aromatic heterocycles. The Morgan fingerprint density at radius 1 is 1.23 bits per heavy atom. The Morgan fingerprint density at radius 2 is 2.03 bits per heavy atom. The predicted molar refractivity (Wildman–Crippen MR) is 121 cm³/mol. The summed E-state index contributed by atoms with van der Waals surface area (Å²) in [5.41, 5.74) is 5.27. The van der Waals surface area contributed by atoms with E-state index >= 15 is 0 Å². The summed E-state index contributed by atoms with van der Waals surface area (Å²) >= 11 is 0. The fourth-order valence-corrected chi connectivity index (χ4v) is 4.65. The maximum Gasteiger partial charge on any atom is 0.254 e. The Morgan fingerprint density at radius 3 is 2.81 bits per heavy atom. The van der Waals surface area contributed by atoms with Gasteiger partial charge in [0.1, 0.15) is 5.82 Å². The van der Waals surface area contributed by atoms with E-state index in [9.17, 15) is 4.79 Å². The van der Waals surface area contributed by atoms with Crippen molar-refractivity contribution < 1.29 is 4.79 Å². The number of H-pyrrole nitrogens is 1. The number of carbonyl (C=O) groups excluding carboxylic acids is 1. The zero-order valence-corrected chi connectivity index (χ0v) is 18.5. The Bertz CT molecular complexity index is 1250. The van der Waals surface area contributed by atoms with Crippen LogP contribution in [0.2, 0.25) is 0 Å². The SMILES string of the molecule is Cc1nn(C)c2nc(C(C)C)cc(C(=O)N3CCCC(c4nc5ccccc5[nH]4)C3)c12. The largest absolute Gasteiger partial charge is 0.342 e. The second-order valence-electron chi connectivity index (χ2n) is 8.89. The molecule has 0 saturated carbocycles. The number of pyridine rings is 1. The van der Waals surface area contributed by atoms with Crippen LogP contribution in [0.25, 0.3) is 22.1 Å². The molecule has 1 amide bonds. The van der Waals surface area contributed by atoms with Gasteiger partial charge in [0.2, 0.25) is 0 Å². The average molecular weight is 417 g/mol. The number of para-hydroxylation sites is 2. The van der Waals surface area contributed by atoms with E-state index in [2.05, 4.69) is 23.9 Å². The number of amides is 1. The van der Waals surface area contributed by atoms with Crippen LogP contribution in [0.15, 0.2) is 30.3 Å². The lowest BCUT2D eigenvalue weighted by Crippen LogP contribution is -2.39. The third kappa shape index (κ3) is 3.38. The van der Waals surface area contributed by atoms with Gasteiger partial charge in [-0.2, -0.15) is 5.10 Å². The Kier molecular flexibility index (Phi) is 4.76. The maximum atomic E-state index is 13.7. The van der Waals surface area contributed by atoms with Crippen LogP contribution in [0, 0.1) is 6.92 Å². The second-order valence-corrected chi connectivity index (χ2v) is 8.89. The number of hydrogen-bond donors (Lipinski definition) is 1. The summed E-state index contributed by atoms with van der Waals surface area (Å²) in [5, 5.41) is 5.40. The van der Waals surface area contributed by atoms with Gasteiger partial charge in [-0.1, -0.05) is 26.0 Å². The molecule has 4 heterocycles. The molecular formula is C24H28N6O. The van der Waals surface area contributed by atoms with E-state index in [4.69, 9.17) is 9.97 Å². The first-order valence-electron chi connectivity index (χ1n) is 11.0. The molecule has 1 fully saturated rings. The molecule has 1 atom stereocenters. The average Bonchev–Trinajstić information content (AvgIpc) is 3.33. The highest BCUT2D eigenvalue weighted by Gasteiger charge is 2.29. The van der Waals surface area contributed by atoms with E-state index in [0.717, 1.165) is 58.7 Å². The first-order valence-corrected chi connectivity index (χ1v) is 11.0. The van der Waals surface area contributed by atoms with Gasteiger partial charge >= 0.3 is 0 Å². The normalized spacial score (nSPS) is 17.2. The van der Waals surface area contributed by atoms with Crippen LogP contribution in [0.5, 0.6) is 0 Å². The van der Waals surface area contributed by atoms with Crippen molar-refractivity contribution in [1.29, 1.82) is 0 Å². The van der Waals surface area contributed by atoms with Crippen molar-refractivity contribution in [3.05, 3.63) is 53.1 Å². The molecule has 1 unspecified atom stereocenters. The van der Waals surface area contributed by atoms with E-state index in [-0.39, 0.29) is 17.7 Å². The van der Waals surface area contributed by atoms with Gasteiger partial charge in [0.15, 0.2) is 5.65 Å².